The van der Waals surface area contributed by atoms with E-state index in [-0.39, 0.29) is 11.6 Å². The van der Waals surface area contributed by atoms with Crippen LogP contribution >= 0.6 is 0 Å². The minimum Gasteiger partial charge on any atom is -0.373 e. The molecule has 0 saturated carbocycles. The van der Waals surface area contributed by atoms with Crippen molar-refractivity contribution >= 4 is 0 Å². The molecule has 0 aliphatic carbocycles. The zero-order valence-corrected chi connectivity index (χ0v) is 10.8. The first-order valence-corrected chi connectivity index (χ1v) is 5.95. The predicted molar refractivity (Wildman–Crippen MR) is 64.1 cm³/mol. The summed E-state index contributed by atoms with van der Waals surface area (Å²) in [7, 11) is 0. The van der Waals surface area contributed by atoms with Crippen molar-refractivity contribution in [1.82, 2.24) is 10.2 Å². The normalized spacial score (nSPS) is 23.0. The van der Waals surface area contributed by atoms with Crippen LogP contribution in [0.5, 0.6) is 0 Å². The van der Waals surface area contributed by atoms with Crippen LogP contribution in [0, 0.1) is 11.3 Å². The maximum atomic E-state index is 9.07. The minimum absolute atomic E-state index is 0.0872. The molecule has 0 aromatic heterocycles. The Morgan fingerprint density at radius 2 is 2.19 bits per heavy atom. The van der Waals surface area contributed by atoms with Crippen molar-refractivity contribution in [3.8, 4) is 6.07 Å². The molecule has 1 aliphatic heterocycles. The predicted octanol–water partition coefficient (Wildman–Crippen LogP) is 0.987. The van der Waals surface area contributed by atoms with E-state index in [0.717, 1.165) is 26.2 Å². The van der Waals surface area contributed by atoms with Crippen molar-refractivity contribution in [2.45, 2.75) is 45.4 Å². The van der Waals surface area contributed by atoms with Gasteiger partial charge in [-0.15, -0.1) is 0 Å². The Bertz CT molecular complexity index is 257. The summed E-state index contributed by atoms with van der Waals surface area (Å²) in [6.45, 7) is 11.7. The van der Waals surface area contributed by atoms with Crippen molar-refractivity contribution in [2.24, 2.45) is 0 Å². The van der Waals surface area contributed by atoms with Gasteiger partial charge < -0.3 is 4.74 Å². The average Bonchev–Trinajstić information content (AvgIpc) is 2.14. The minimum atomic E-state index is -0.0890. The number of hydrogen-bond donors (Lipinski definition) is 1. The molecule has 0 bridgehead atoms. The van der Waals surface area contributed by atoms with E-state index in [1.165, 1.54) is 0 Å². The van der Waals surface area contributed by atoms with E-state index in [1.54, 1.807) is 0 Å². The summed E-state index contributed by atoms with van der Waals surface area (Å²) in [5.74, 6) is 0. The first-order valence-electron chi connectivity index (χ1n) is 5.95. The van der Waals surface area contributed by atoms with Gasteiger partial charge in [0.2, 0.25) is 0 Å². The number of nitrogens with zero attached hydrogens (tertiary/aromatic N) is 2. The van der Waals surface area contributed by atoms with Crippen LogP contribution in [0.4, 0.5) is 0 Å². The number of nitrogens with one attached hydrogen (secondary N) is 1. The highest BCUT2D eigenvalue weighted by Crippen LogP contribution is 2.16. The lowest BCUT2D eigenvalue weighted by Crippen LogP contribution is -2.52. The van der Waals surface area contributed by atoms with Gasteiger partial charge in [0.05, 0.1) is 18.3 Å². The molecule has 1 saturated heterocycles. The quantitative estimate of drug-likeness (QED) is 0.775. The van der Waals surface area contributed by atoms with Gasteiger partial charge in [-0.3, -0.25) is 10.2 Å². The van der Waals surface area contributed by atoms with E-state index >= 15 is 0 Å². The molecule has 0 aromatic rings. The van der Waals surface area contributed by atoms with Gasteiger partial charge in [-0.05, 0) is 27.7 Å². The standard InChI is InChI=1S/C12H23N3O/c1-10(2)14-11(7-13)8-15-5-6-16-12(3,4)9-15/h10-11,14H,5-6,8-9H2,1-4H3. The Hall–Kier alpha value is -0.630. The average molecular weight is 225 g/mol. The Labute approximate surface area is 98.6 Å². The summed E-state index contributed by atoms with van der Waals surface area (Å²) in [5.41, 5.74) is -0.0872. The SMILES string of the molecule is CC(C)NC(C#N)CN1CCOC(C)(C)C1. The van der Waals surface area contributed by atoms with E-state index in [2.05, 4.69) is 44.0 Å². The molecular weight excluding hydrogens is 202 g/mol. The molecule has 1 atom stereocenters. The van der Waals surface area contributed by atoms with Crippen LogP contribution in [0.25, 0.3) is 0 Å². The van der Waals surface area contributed by atoms with Crippen molar-refractivity contribution < 1.29 is 4.74 Å². The lowest BCUT2D eigenvalue weighted by atomic mass is 10.1. The topological polar surface area (TPSA) is 48.3 Å². The molecule has 4 heteroatoms. The number of hydrogen-bond acceptors (Lipinski definition) is 4. The molecule has 1 heterocycles. The van der Waals surface area contributed by atoms with Crippen LogP contribution in [-0.4, -0.2) is 48.8 Å². The van der Waals surface area contributed by atoms with E-state index in [0.29, 0.717) is 6.04 Å². The Morgan fingerprint density at radius 3 is 2.69 bits per heavy atom. The zero-order valence-electron chi connectivity index (χ0n) is 10.8. The summed E-state index contributed by atoms with van der Waals surface area (Å²) in [6, 6.07) is 2.57. The fourth-order valence-corrected chi connectivity index (χ4v) is 2.06. The van der Waals surface area contributed by atoms with Crippen molar-refractivity contribution in [2.75, 3.05) is 26.2 Å². The summed E-state index contributed by atoms with van der Waals surface area (Å²) >= 11 is 0. The summed E-state index contributed by atoms with van der Waals surface area (Å²) in [4.78, 5) is 2.30. The molecule has 0 spiro atoms. The van der Waals surface area contributed by atoms with Gasteiger partial charge in [-0.25, -0.2) is 0 Å². The molecule has 0 amide bonds. The second kappa shape index (κ2) is 5.62. The Kier molecular flexibility index (Phi) is 4.72. The van der Waals surface area contributed by atoms with Crippen molar-refractivity contribution in [3.05, 3.63) is 0 Å². The number of morpholine rings is 1. The third-order valence-electron chi connectivity index (χ3n) is 2.64. The maximum absolute atomic E-state index is 9.07. The van der Waals surface area contributed by atoms with Crippen LogP contribution in [0.15, 0.2) is 0 Å². The lowest BCUT2D eigenvalue weighted by molar-refractivity contribution is -0.0866. The second-order valence-electron chi connectivity index (χ2n) is 5.35. The highest BCUT2D eigenvalue weighted by Gasteiger charge is 2.28. The first-order chi connectivity index (χ1) is 7.43. The molecule has 1 rings (SSSR count). The van der Waals surface area contributed by atoms with E-state index in [4.69, 9.17) is 10.00 Å². The molecule has 1 unspecified atom stereocenters. The molecule has 4 nitrogen and oxygen atoms in total. The molecule has 1 fully saturated rings. The van der Waals surface area contributed by atoms with Crippen LogP contribution in [0.2, 0.25) is 0 Å². The van der Waals surface area contributed by atoms with Crippen LogP contribution in [-0.2, 0) is 4.74 Å². The first kappa shape index (κ1) is 13.4. The molecule has 1 N–H and O–H groups in total. The number of nitriles is 1. The van der Waals surface area contributed by atoms with Gasteiger partial charge >= 0.3 is 0 Å². The smallest absolute Gasteiger partial charge is 0.108 e. The zero-order chi connectivity index (χ0) is 12.2. The highest BCUT2D eigenvalue weighted by atomic mass is 16.5. The fraction of sp³-hybridized carbons (Fsp3) is 0.917. The van der Waals surface area contributed by atoms with Crippen molar-refractivity contribution in [3.63, 3.8) is 0 Å². The molecule has 92 valence electrons. The monoisotopic (exact) mass is 225 g/mol. The van der Waals surface area contributed by atoms with Gasteiger partial charge in [-0.2, -0.15) is 5.26 Å². The third kappa shape index (κ3) is 4.48. The van der Waals surface area contributed by atoms with Gasteiger partial charge in [0.25, 0.3) is 0 Å². The van der Waals surface area contributed by atoms with Gasteiger partial charge in [-0.1, -0.05) is 0 Å². The van der Waals surface area contributed by atoms with Gasteiger partial charge in [0, 0.05) is 25.7 Å². The number of rotatable bonds is 4. The van der Waals surface area contributed by atoms with E-state index < -0.39 is 0 Å². The second-order valence-corrected chi connectivity index (χ2v) is 5.35. The molecule has 1 aliphatic rings. The summed E-state index contributed by atoms with van der Waals surface area (Å²) < 4.78 is 5.65. The highest BCUT2D eigenvalue weighted by molar-refractivity contribution is 4.94. The maximum Gasteiger partial charge on any atom is 0.108 e. The summed E-state index contributed by atoms with van der Waals surface area (Å²) in [6.07, 6.45) is 0. The van der Waals surface area contributed by atoms with Crippen LogP contribution in [0.1, 0.15) is 27.7 Å². The van der Waals surface area contributed by atoms with Gasteiger partial charge in [0.1, 0.15) is 6.04 Å². The largest absolute Gasteiger partial charge is 0.373 e. The van der Waals surface area contributed by atoms with Gasteiger partial charge in [0.15, 0.2) is 0 Å². The van der Waals surface area contributed by atoms with Crippen molar-refractivity contribution in [1.29, 1.82) is 5.26 Å². The number of ether oxygens (including phenoxy) is 1. The summed E-state index contributed by atoms with van der Waals surface area (Å²) in [5, 5.41) is 12.3. The molecule has 0 aromatic carbocycles. The Balaban J connectivity index is 2.43. The lowest BCUT2D eigenvalue weighted by Gasteiger charge is -2.39. The third-order valence-corrected chi connectivity index (χ3v) is 2.64. The van der Waals surface area contributed by atoms with Crippen LogP contribution < -0.4 is 5.32 Å². The molecular formula is C12H23N3O. The molecule has 16 heavy (non-hydrogen) atoms. The fourth-order valence-electron chi connectivity index (χ4n) is 2.06. The van der Waals surface area contributed by atoms with E-state index in [9.17, 15) is 0 Å². The Morgan fingerprint density at radius 1 is 1.50 bits per heavy atom. The van der Waals surface area contributed by atoms with Crippen LogP contribution in [0.3, 0.4) is 0 Å². The molecule has 0 radical (unpaired) electrons. The van der Waals surface area contributed by atoms with E-state index in [1.807, 2.05) is 0 Å².